The molecular formula is C18H24N4O2. The Bertz CT molecular complexity index is 673. The molecular weight excluding hydrogens is 304 g/mol. The first-order valence-electron chi connectivity index (χ1n) is 8.32. The van der Waals surface area contributed by atoms with Crippen LogP contribution in [0.5, 0.6) is 5.75 Å². The van der Waals surface area contributed by atoms with Crippen molar-refractivity contribution in [3.8, 4) is 5.75 Å². The zero-order chi connectivity index (χ0) is 16.9. The number of ether oxygens (including phenoxy) is 1. The van der Waals surface area contributed by atoms with Crippen molar-refractivity contribution in [1.29, 1.82) is 0 Å². The average molecular weight is 328 g/mol. The van der Waals surface area contributed by atoms with Crippen LogP contribution >= 0.6 is 0 Å². The summed E-state index contributed by atoms with van der Waals surface area (Å²) in [6, 6.07) is 8.22. The number of piperazine rings is 1. The number of aromatic amines is 1. The molecule has 1 aliphatic rings. The molecule has 0 radical (unpaired) electrons. The van der Waals surface area contributed by atoms with Crippen LogP contribution < -0.4 is 4.74 Å². The smallest absolute Gasteiger partial charge is 0.257 e. The predicted molar refractivity (Wildman–Crippen MR) is 92.4 cm³/mol. The highest BCUT2D eigenvalue weighted by atomic mass is 16.5. The van der Waals surface area contributed by atoms with Crippen molar-refractivity contribution in [3.63, 3.8) is 0 Å². The number of rotatable bonds is 5. The molecule has 1 aliphatic heterocycles. The minimum atomic E-state index is 0.0797. The highest BCUT2D eigenvalue weighted by Gasteiger charge is 2.23. The Morgan fingerprint density at radius 2 is 1.92 bits per heavy atom. The number of carbonyl (C=O) groups excluding carboxylic acids is 1. The van der Waals surface area contributed by atoms with Gasteiger partial charge in [0.15, 0.2) is 0 Å². The Balaban J connectivity index is 1.46. The van der Waals surface area contributed by atoms with Crippen LogP contribution in [0.15, 0.2) is 30.5 Å². The third-order valence-corrected chi connectivity index (χ3v) is 4.60. The van der Waals surface area contributed by atoms with Crippen LogP contribution in [-0.2, 0) is 6.42 Å². The second-order valence-corrected chi connectivity index (χ2v) is 6.14. The Morgan fingerprint density at radius 3 is 2.50 bits per heavy atom. The number of H-pyrrole nitrogens is 1. The highest BCUT2D eigenvalue weighted by Crippen LogP contribution is 2.14. The first kappa shape index (κ1) is 16.5. The van der Waals surface area contributed by atoms with E-state index in [4.69, 9.17) is 4.74 Å². The Morgan fingerprint density at radius 1 is 1.21 bits per heavy atom. The van der Waals surface area contributed by atoms with E-state index in [0.29, 0.717) is 5.56 Å². The quantitative estimate of drug-likeness (QED) is 0.908. The molecule has 0 bridgehead atoms. The molecule has 1 aromatic carbocycles. The number of nitrogens with one attached hydrogen (secondary N) is 1. The Hall–Kier alpha value is -2.34. The molecule has 6 heteroatoms. The van der Waals surface area contributed by atoms with E-state index in [-0.39, 0.29) is 5.91 Å². The summed E-state index contributed by atoms with van der Waals surface area (Å²) in [5.41, 5.74) is 2.83. The zero-order valence-corrected chi connectivity index (χ0v) is 14.3. The van der Waals surface area contributed by atoms with Gasteiger partial charge < -0.3 is 9.64 Å². The number of benzene rings is 1. The summed E-state index contributed by atoms with van der Waals surface area (Å²) < 4.78 is 5.18. The van der Waals surface area contributed by atoms with Gasteiger partial charge in [0.1, 0.15) is 5.75 Å². The lowest BCUT2D eigenvalue weighted by Crippen LogP contribution is -2.49. The van der Waals surface area contributed by atoms with E-state index in [1.165, 1.54) is 5.56 Å². The number of carbonyl (C=O) groups is 1. The molecule has 0 aliphatic carbocycles. The van der Waals surface area contributed by atoms with Crippen LogP contribution in [0.4, 0.5) is 0 Å². The van der Waals surface area contributed by atoms with Crippen LogP contribution in [0, 0.1) is 6.92 Å². The predicted octanol–water partition coefficient (Wildman–Crippen LogP) is 1.73. The minimum Gasteiger partial charge on any atom is -0.497 e. The van der Waals surface area contributed by atoms with E-state index in [0.717, 1.165) is 50.6 Å². The van der Waals surface area contributed by atoms with E-state index in [1.807, 2.05) is 24.0 Å². The second kappa shape index (κ2) is 7.49. The van der Waals surface area contributed by atoms with Gasteiger partial charge in [-0.3, -0.25) is 14.8 Å². The molecule has 1 fully saturated rings. The summed E-state index contributed by atoms with van der Waals surface area (Å²) in [6.45, 7) is 6.26. The molecule has 1 amide bonds. The van der Waals surface area contributed by atoms with Crippen LogP contribution in [-0.4, -0.2) is 65.7 Å². The molecule has 1 saturated heterocycles. The Kier molecular flexibility index (Phi) is 5.15. The lowest BCUT2D eigenvalue weighted by atomic mass is 10.1. The fraction of sp³-hybridized carbons (Fsp3) is 0.444. The maximum atomic E-state index is 12.5. The van der Waals surface area contributed by atoms with Gasteiger partial charge in [0.05, 0.1) is 18.9 Å². The van der Waals surface area contributed by atoms with Gasteiger partial charge in [-0.05, 0) is 31.0 Å². The lowest BCUT2D eigenvalue weighted by molar-refractivity contribution is 0.0638. The SMILES string of the molecule is COc1ccc(CCN2CCN(C(=O)c3cn[nH]c3C)CC2)cc1. The number of hydrogen-bond acceptors (Lipinski definition) is 4. The van der Waals surface area contributed by atoms with Crippen LogP contribution in [0.25, 0.3) is 0 Å². The third kappa shape index (κ3) is 3.76. The average Bonchev–Trinajstić information content (AvgIpc) is 3.06. The number of amides is 1. The first-order chi connectivity index (χ1) is 11.7. The van der Waals surface area contributed by atoms with E-state index in [1.54, 1.807) is 13.3 Å². The maximum absolute atomic E-state index is 12.5. The molecule has 1 aromatic heterocycles. The van der Waals surface area contributed by atoms with Crippen LogP contribution in [0.3, 0.4) is 0 Å². The normalized spacial score (nSPS) is 15.5. The fourth-order valence-electron chi connectivity index (χ4n) is 2.99. The molecule has 2 heterocycles. The van der Waals surface area contributed by atoms with Gasteiger partial charge in [0, 0.05) is 38.4 Å². The van der Waals surface area contributed by atoms with E-state index >= 15 is 0 Å². The molecule has 24 heavy (non-hydrogen) atoms. The van der Waals surface area contributed by atoms with Gasteiger partial charge in [-0.15, -0.1) is 0 Å². The molecule has 0 saturated carbocycles. The standard InChI is InChI=1S/C18H24N4O2/c1-14-17(13-19-20-14)18(23)22-11-9-21(10-12-22)8-7-15-3-5-16(24-2)6-4-15/h3-6,13H,7-12H2,1-2H3,(H,19,20). The summed E-state index contributed by atoms with van der Waals surface area (Å²) >= 11 is 0. The van der Waals surface area contributed by atoms with Crippen molar-refractivity contribution in [2.75, 3.05) is 39.8 Å². The van der Waals surface area contributed by atoms with Gasteiger partial charge in [0.2, 0.25) is 0 Å². The molecule has 3 rings (SSSR count). The van der Waals surface area contributed by atoms with E-state index in [9.17, 15) is 4.79 Å². The summed E-state index contributed by atoms with van der Waals surface area (Å²) in [5.74, 6) is 0.969. The molecule has 0 unspecified atom stereocenters. The minimum absolute atomic E-state index is 0.0797. The number of aromatic nitrogens is 2. The van der Waals surface area contributed by atoms with Gasteiger partial charge in [-0.2, -0.15) is 5.10 Å². The topological polar surface area (TPSA) is 61.5 Å². The largest absolute Gasteiger partial charge is 0.497 e. The molecule has 1 N–H and O–H groups in total. The summed E-state index contributed by atoms with van der Waals surface area (Å²) in [4.78, 5) is 16.8. The monoisotopic (exact) mass is 328 g/mol. The lowest BCUT2D eigenvalue weighted by Gasteiger charge is -2.34. The van der Waals surface area contributed by atoms with Crippen LogP contribution in [0.1, 0.15) is 21.6 Å². The van der Waals surface area contributed by atoms with Crippen LogP contribution in [0.2, 0.25) is 0 Å². The zero-order valence-electron chi connectivity index (χ0n) is 14.3. The fourth-order valence-corrected chi connectivity index (χ4v) is 2.99. The van der Waals surface area contributed by atoms with E-state index in [2.05, 4.69) is 27.2 Å². The van der Waals surface area contributed by atoms with Gasteiger partial charge >= 0.3 is 0 Å². The Labute approximate surface area is 142 Å². The summed E-state index contributed by atoms with van der Waals surface area (Å²) in [5, 5.41) is 6.76. The van der Waals surface area contributed by atoms with Gasteiger partial charge in [-0.25, -0.2) is 0 Å². The molecule has 0 atom stereocenters. The second-order valence-electron chi connectivity index (χ2n) is 6.14. The van der Waals surface area contributed by atoms with Crippen molar-refractivity contribution < 1.29 is 9.53 Å². The molecule has 6 nitrogen and oxygen atoms in total. The van der Waals surface area contributed by atoms with Crippen molar-refractivity contribution >= 4 is 5.91 Å². The van der Waals surface area contributed by atoms with E-state index < -0.39 is 0 Å². The van der Waals surface area contributed by atoms with Crippen molar-refractivity contribution in [2.24, 2.45) is 0 Å². The first-order valence-corrected chi connectivity index (χ1v) is 8.32. The number of methoxy groups -OCH3 is 1. The van der Waals surface area contributed by atoms with Crippen molar-refractivity contribution in [2.45, 2.75) is 13.3 Å². The molecule has 128 valence electrons. The summed E-state index contributed by atoms with van der Waals surface area (Å²) in [6.07, 6.45) is 2.63. The number of aryl methyl sites for hydroxylation is 1. The maximum Gasteiger partial charge on any atom is 0.257 e. The highest BCUT2D eigenvalue weighted by molar-refractivity contribution is 5.95. The number of nitrogens with zero attached hydrogens (tertiary/aromatic N) is 3. The van der Waals surface area contributed by atoms with Crippen molar-refractivity contribution in [1.82, 2.24) is 20.0 Å². The third-order valence-electron chi connectivity index (χ3n) is 4.60. The van der Waals surface area contributed by atoms with Crippen molar-refractivity contribution in [3.05, 3.63) is 47.3 Å². The number of hydrogen-bond donors (Lipinski definition) is 1. The summed E-state index contributed by atoms with van der Waals surface area (Å²) in [7, 11) is 1.68. The van der Waals surface area contributed by atoms with Gasteiger partial charge in [-0.1, -0.05) is 12.1 Å². The molecule has 0 spiro atoms. The van der Waals surface area contributed by atoms with Gasteiger partial charge in [0.25, 0.3) is 5.91 Å². The molecule has 2 aromatic rings.